The third-order valence-corrected chi connectivity index (χ3v) is 1.87. The second-order valence-corrected chi connectivity index (χ2v) is 3.10. The molecule has 1 atom stereocenters. The van der Waals surface area contributed by atoms with Crippen molar-refractivity contribution >= 4 is 14.6 Å². The number of carboxylic acid groups (broad SMARTS) is 1. The highest BCUT2D eigenvalue weighted by Crippen LogP contribution is 2.05. The van der Waals surface area contributed by atoms with Gasteiger partial charge < -0.3 is 10.8 Å². The lowest BCUT2D eigenvalue weighted by atomic mass is 10.2. The number of carboxylic acids is 1. The van der Waals surface area contributed by atoms with Crippen LogP contribution in [0.3, 0.4) is 0 Å². The fourth-order valence-electron chi connectivity index (χ4n) is 0.815. The molecule has 0 fully saturated rings. The zero-order valence-corrected chi connectivity index (χ0v) is 7.52. The van der Waals surface area contributed by atoms with Crippen LogP contribution in [-0.4, -0.2) is 26.4 Å². The lowest BCUT2D eigenvalue weighted by Gasteiger charge is -2.01. The normalized spacial score (nSPS) is 13.0. The number of hydrogen-bond donors (Lipinski definition) is 2. The van der Waals surface area contributed by atoms with Gasteiger partial charge in [0.05, 0.1) is 5.69 Å². The predicted molar refractivity (Wildman–Crippen MR) is 44.5 cm³/mol. The number of carbonyl (C=O) groups is 1. The Bertz CT molecular complexity index is 325. The van der Waals surface area contributed by atoms with Gasteiger partial charge in [-0.05, 0) is 0 Å². The zero-order chi connectivity index (χ0) is 9.84. The van der Waals surface area contributed by atoms with Crippen LogP contribution in [-0.2, 0) is 15.8 Å². The van der Waals surface area contributed by atoms with E-state index in [1.807, 2.05) is 0 Å². The summed E-state index contributed by atoms with van der Waals surface area (Å²) < 4.78 is 11.6. The summed E-state index contributed by atoms with van der Waals surface area (Å²) in [7, 11) is -0.201. The fraction of sp³-hybridized carbons (Fsp3) is 0.333. The Morgan fingerprint density at radius 3 is 3.00 bits per heavy atom. The predicted octanol–water partition coefficient (Wildman–Crippen LogP) is -0.108. The highest BCUT2D eigenvalue weighted by atomic mass is 31.1. The van der Waals surface area contributed by atoms with Gasteiger partial charge in [-0.3, -0.25) is 9.13 Å². The second-order valence-electron chi connectivity index (χ2n) is 2.48. The van der Waals surface area contributed by atoms with E-state index < -0.39 is 12.0 Å². The van der Waals surface area contributed by atoms with Gasteiger partial charge in [-0.25, -0.2) is 9.55 Å². The van der Waals surface area contributed by atoms with E-state index in [2.05, 4.69) is 4.98 Å². The molecule has 1 rings (SSSR count). The first-order valence-corrected chi connectivity index (χ1v) is 4.25. The second kappa shape index (κ2) is 4.11. The van der Waals surface area contributed by atoms with Crippen LogP contribution in [0.25, 0.3) is 0 Å². The van der Waals surface area contributed by atoms with Crippen LogP contribution in [0.1, 0.15) is 5.69 Å². The van der Waals surface area contributed by atoms with Gasteiger partial charge in [-0.2, -0.15) is 0 Å². The van der Waals surface area contributed by atoms with Crippen molar-refractivity contribution in [3.05, 3.63) is 18.2 Å². The minimum atomic E-state index is -1.07. The summed E-state index contributed by atoms with van der Waals surface area (Å²) in [5, 5.41) is 8.48. The molecule has 0 bridgehead atoms. The molecule has 0 saturated heterocycles. The van der Waals surface area contributed by atoms with Gasteiger partial charge >= 0.3 is 5.97 Å². The average molecular weight is 201 g/mol. The Kier molecular flexibility index (Phi) is 3.11. The van der Waals surface area contributed by atoms with Crippen LogP contribution < -0.4 is 5.73 Å². The van der Waals surface area contributed by atoms with Crippen LogP contribution >= 0.6 is 8.61 Å². The minimum Gasteiger partial charge on any atom is -0.480 e. The first-order chi connectivity index (χ1) is 6.13. The number of imidazole rings is 1. The monoisotopic (exact) mass is 201 g/mol. The van der Waals surface area contributed by atoms with E-state index in [9.17, 15) is 9.36 Å². The summed E-state index contributed by atoms with van der Waals surface area (Å²) in [5.41, 5.74) is 5.78. The lowest BCUT2D eigenvalue weighted by molar-refractivity contribution is -0.138. The zero-order valence-electron chi connectivity index (χ0n) is 6.62. The van der Waals surface area contributed by atoms with Crippen LogP contribution in [0.2, 0.25) is 0 Å². The topological polar surface area (TPSA) is 98.2 Å². The Morgan fingerprint density at radius 2 is 2.54 bits per heavy atom. The van der Waals surface area contributed by atoms with Crippen molar-refractivity contribution in [3.63, 3.8) is 0 Å². The molecule has 0 aliphatic heterocycles. The third-order valence-electron chi connectivity index (χ3n) is 1.46. The molecule has 3 N–H and O–H groups in total. The molecule has 0 spiro atoms. The van der Waals surface area contributed by atoms with E-state index in [1.165, 1.54) is 16.9 Å². The maximum Gasteiger partial charge on any atom is 0.320 e. The van der Waals surface area contributed by atoms with Gasteiger partial charge in [0.2, 0.25) is 0 Å². The van der Waals surface area contributed by atoms with Crippen LogP contribution in [0.4, 0.5) is 0 Å². The molecule has 0 unspecified atom stereocenters. The minimum absolute atomic E-state index is 0.137. The van der Waals surface area contributed by atoms with Crippen molar-refractivity contribution in [3.8, 4) is 0 Å². The molecule has 1 aromatic rings. The lowest BCUT2D eigenvalue weighted by Crippen LogP contribution is -2.32. The quantitative estimate of drug-likeness (QED) is 0.662. The summed E-state index contributed by atoms with van der Waals surface area (Å²) in [5.74, 6) is -1.07. The maximum absolute atomic E-state index is 10.4. The van der Waals surface area contributed by atoms with Crippen molar-refractivity contribution in [1.82, 2.24) is 9.32 Å². The van der Waals surface area contributed by atoms with Gasteiger partial charge in [0.25, 0.3) is 8.61 Å². The highest BCUT2D eigenvalue weighted by molar-refractivity contribution is 7.21. The highest BCUT2D eigenvalue weighted by Gasteiger charge is 2.13. The molecule has 0 aliphatic carbocycles. The third kappa shape index (κ3) is 2.61. The first kappa shape index (κ1) is 9.83. The molecule has 0 radical (unpaired) electrons. The number of aromatic nitrogens is 2. The summed E-state index contributed by atoms with van der Waals surface area (Å²) in [6.45, 7) is 0. The number of nitrogens with two attached hydrogens (primary N) is 1. The molecule has 0 amide bonds. The van der Waals surface area contributed by atoms with Crippen LogP contribution in [0, 0.1) is 0 Å². The van der Waals surface area contributed by atoms with E-state index in [0.717, 1.165) is 0 Å². The van der Waals surface area contributed by atoms with Gasteiger partial charge in [0, 0.05) is 12.6 Å². The standard InChI is InChI=1S/C6H8N3O3P/c7-5(6(10)11)1-4-2-9(13-12)3-8-4/h2-3,5H,1,7H2,(H,10,11)/t5-/m0/s1. The van der Waals surface area contributed by atoms with Gasteiger partial charge in [0.15, 0.2) is 0 Å². The average Bonchev–Trinajstić information content (AvgIpc) is 2.52. The Balaban J connectivity index is 2.63. The van der Waals surface area contributed by atoms with E-state index >= 15 is 0 Å². The van der Waals surface area contributed by atoms with E-state index in [4.69, 9.17) is 10.8 Å². The van der Waals surface area contributed by atoms with E-state index in [-0.39, 0.29) is 15.0 Å². The first-order valence-electron chi connectivity index (χ1n) is 3.48. The molecule has 0 aliphatic rings. The Labute approximate surface area is 75.6 Å². The molecule has 13 heavy (non-hydrogen) atoms. The molecule has 1 aromatic heterocycles. The number of rotatable bonds is 4. The van der Waals surface area contributed by atoms with Crippen LogP contribution in [0.15, 0.2) is 12.5 Å². The largest absolute Gasteiger partial charge is 0.480 e. The van der Waals surface area contributed by atoms with Gasteiger partial charge in [0.1, 0.15) is 12.4 Å². The maximum atomic E-state index is 10.4. The Hall–Kier alpha value is -1.26. The van der Waals surface area contributed by atoms with Gasteiger partial charge in [-0.1, -0.05) is 0 Å². The van der Waals surface area contributed by atoms with Crippen molar-refractivity contribution in [2.24, 2.45) is 5.73 Å². The molecular weight excluding hydrogens is 193 g/mol. The Morgan fingerprint density at radius 1 is 1.85 bits per heavy atom. The van der Waals surface area contributed by atoms with E-state index in [0.29, 0.717) is 5.69 Å². The van der Waals surface area contributed by atoms with Crippen molar-refractivity contribution in [2.45, 2.75) is 12.5 Å². The number of hydrogen-bond acceptors (Lipinski definition) is 4. The molecule has 0 aromatic carbocycles. The fourth-order valence-corrected chi connectivity index (χ4v) is 1.09. The number of nitrogens with zero attached hydrogens (tertiary/aromatic N) is 2. The van der Waals surface area contributed by atoms with Crippen molar-refractivity contribution < 1.29 is 14.5 Å². The smallest absolute Gasteiger partial charge is 0.320 e. The summed E-state index contributed by atoms with van der Waals surface area (Å²) in [4.78, 5) is 14.2. The van der Waals surface area contributed by atoms with Gasteiger partial charge in [-0.15, -0.1) is 0 Å². The molecule has 6 nitrogen and oxygen atoms in total. The van der Waals surface area contributed by atoms with Crippen molar-refractivity contribution in [2.75, 3.05) is 0 Å². The molecule has 0 saturated carbocycles. The summed E-state index contributed by atoms with van der Waals surface area (Å²) >= 11 is 0. The summed E-state index contributed by atoms with van der Waals surface area (Å²) in [6, 6.07) is -0.966. The van der Waals surface area contributed by atoms with E-state index in [1.54, 1.807) is 0 Å². The molecule has 1 heterocycles. The molecule has 70 valence electrons. The van der Waals surface area contributed by atoms with Crippen molar-refractivity contribution in [1.29, 1.82) is 0 Å². The summed E-state index contributed by atoms with van der Waals surface area (Å²) in [6.07, 6.45) is 2.97. The van der Waals surface area contributed by atoms with Crippen LogP contribution in [0.5, 0.6) is 0 Å². The molecular formula is C6H8N3O3P. The number of aliphatic carboxylic acids is 1. The SMILES string of the molecule is N[C@@H](Cc1cn(P=O)cn1)C(=O)O. The molecule has 7 heteroatoms.